The monoisotopic (exact) mass is 247 g/mol. The summed E-state index contributed by atoms with van der Waals surface area (Å²) in [5.74, 6) is 0.687. The maximum Gasteiger partial charge on any atom is 0.0335 e. The minimum Gasteiger partial charge on any atom is -0.312 e. The van der Waals surface area contributed by atoms with E-state index in [1.165, 1.54) is 18.5 Å². The van der Waals surface area contributed by atoms with Gasteiger partial charge in [0.2, 0.25) is 0 Å². The molecule has 1 aromatic rings. The van der Waals surface area contributed by atoms with Gasteiger partial charge in [0.25, 0.3) is 0 Å². The summed E-state index contributed by atoms with van der Waals surface area (Å²) in [7, 11) is 0. The van der Waals surface area contributed by atoms with Gasteiger partial charge in [-0.15, -0.1) is 0 Å². The molecule has 1 saturated heterocycles. The van der Waals surface area contributed by atoms with Gasteiger partial charge >= 0.3 is 0 Å². The molecular formula is C15H25N3. The topological polar surface area (TPSA) is 28.2 Å². The van der Waals surface area contributed by atoms with Crippen LogP contribution >= 0.6 is 0 Å². The fraction of sp³-hybridized carbons (Fsp3) is 0.667. The van der Waals surface area contributed by atoms with E-state index in [0.717, 1.165) is 13.1 Å². The molecule has 0 saturated carbocycles. The highest BCUT2D eigenvalue weighted by molar-refractivity contribution is 5.13. The molecule has 0 spiro atoms. The van der Waals surface area contributed by atoms with Gasteiger partial charge in [0.15, 0.2) is 0 Å². The standard InChI is InChI=1S/C15H25N3/c1-12(2)15-11-18(9-5-8-17-15)13(3)14-6-4-7-16-10-14/h4,6-7,10,12-13,15,17H,5,8-9,11H2,1-3H3. The number of nitrogens with one attached hydrogen (secondary N) is 1. The van der Waals surface area contributed by atoms with E-state index in [-0.39, 0.29) is 0 Å². The predicted molar refractivity (Wildman–Crippen MR) is 75.5 cm³/mol. The molecule has 1 fully saturated rings. The summed E-state index contributed by atoms with van der Waals surface area (Å²) in [6.45, 7) is 10.3. The molecule has 2 heterocycles. The van der Waals surface area contributed by atoms with Crippen LogP contribution < -0.4 is 5.32 Å². The zero-order valence-corrected chi connectivity index (χ0v) is 11.8. The average molecular weight is 247 g/mol. The molecule has 1 N–H and O–H groups in total. The van der Waals surface area contributed by atoms with Gasteiger partial charge in [-0.1, -0.05) is 19.9 Å². The van der Waals surface area contributed by atoms with Gasteiger partial charge in [-0.05, 0) is 37.4 Å². The van der Waals surface area contributed by atoms with Crippen molar-refractivity contribution in [2.24, 2.45) is 5.92 Å². The van der Waals surface area contributed by atoms with Crippen LogP contribution in [0.25, 0.3) is 0 Å². The van der Waals surface area contributed by atoms with Gasteiger partial charge in [-0.25, -0.2) is 0 Å². The van der Waals surface area contributed by atoms with E-state index in [4.69, 9.17) is 0 Å². The van der Waals surface area contributed by atoms with Crippen molar-refractivity contribution < 1.29 is 0 Å². The summed E-state index contributed by atoms with van der Waals surface area (Å²) in [4.78, 5) is 6.82. The highest BCUT2D eigenvalue weighted by Crippen LogP contribution is 2.22. The van der Waals surface area contributed by atoms with Crippen molar-refractivity contribution in [3.63, 3.8) is 0 Å². The van der Waals surface area contributed by atoms with Gasteiger partial charge in [0, 0.05) is 37.6 Å². The molecule has 0 radical (unpaired) electrons. The lowest BCUT2D eigenvalue weighted by molar-refractivity contribution is 0.192. The van der Waals surface area contributed by atoms with Crippen LogP contribution in [0.15, 0.2) is 24.5 Å². The van der Waals surface area contributed by atoms with E-state index in [1.807, 2.05) is 18.5 Å². The van der Waals surface area contributed by atoms with Crippen molar-refractivity contribution in [2.75, 3.05) is 19.6 Å². The van der Waals surface area contributed by atoms with Crippen LogP contribution in [0.5, 0.6) is 0 Å². The van der Waals surface area contributed by atoms with Crippen LogP contribution in [0.2, 0.25) is 0 Å². The van der Waals surface area contributed by atoms with E-state index in [1.54, 1.807) is 0 Å². The number of aromatic nitrogens is 1. The summed E-state index contributed by atoms with van der Waals surface area (Å²) in [5.41, 5.74) is 1.32. The van der Waals surface area contributed by atoms with Gasteiger partial charge in [0.05, 0.1) is 0 Å². The molecule has 0 bridgehead atoms. The number of rotatable bonds is 3. The molecule has 2 rings (SSSR count). The van der Waals surface area contributed by atoms with Crippen molar-refractivity contribution in [3.05, 3.63) is 30.1 Å². The average Bonchev–Trinajstić information content (AvgIpc) is 2.65. The Kier molecular flexibility index (Phi) is 4.72. The Morgan fingerprint density at radius 3 is 2.89 bits per heavy atom. The van der Waals surface area contributed by atoms with Crippen molar-refractivity contribution in [1.29, 1.82) is 0 Å². The lowest BCUT2D eigenvalue weighted by Gasteiger charge is -2.31. The molecule has 1 aliphatic rings. The summed E-state index contributed by atoms with van der Waals surface area (Å²) in [5, 5.41) is 3.66. The fourth-order valence-electron chi connectivity index (χ4n) is 2.61. The first-order valence-electron chi connectivity index (χ1n) is 7.06. The second kappa shape index (κ2) is 6.30. The molecule has 0 aliphatic carbocycles. The Bertz CT molecular complexity index is 350. The quantitative estimate of drug-likeness (QED) is 0.889. The van der Waals surface area contributed by atoms with Gasteiger partial charge < -0.3 is 5.32 Å². The Morgan fingerprint density at radius 1 is 1.39 bits per heavy atom. The molecule has 2 atom stereocenters. The Morgan fingerprint density at radius 2 is 2.22 bits per heavy atom. The van der Waals surface area contributed by atoms with E-state index in [0.29, 0.717) is 18.0 Å². The van der Waals surface area contributed by atoms with Gasteiger partial charge in [0.1, 0.15) is 0 Å². The molecule has 100 valence electrons. The van der Waals surface area contributed by atoms with Crippen LogP contribution in [-0.2, 0) is 0 Å². The first-order chi connectivity index (χ1) is 8.68. The molecule has 2 unspecified atom stereocenters. The molecule has 1 aliphatic heterocycles. The fourth-order valence-corrected chi connectivity index (χ4v) is 2.61. The predicted octanol–water partition coefficient (Wildman–Crippen LogP) is 2.46. The third-order valence-corrected chi connectivity index (χ3v) is 3.98. The van der Waals surface area contributed by atoms with Crippen molar-refractivity contribution in [2.45, 2.75) is 39.3 Å². The summed E-state index contributed by atoms with van der Waals surface area (Å²) in [6.07, 6.45) is 5.07. The second-order valence-electron chi connectivity index (χ2n) is 5.62. The SMILES string of the molecule is CC(C)C1CN(C(C)c2cccnc2)CCCN1. The minimum absolute atomic E-state index is 0.458. The number of pyridine rings is 1. The van der Waals surface area contributed by atoms with Crippen LogP contribution in [0.4, 0.5) is 0 Å². The summed E-state index contributed by atoms with van der Waals surface area (Å²) in [6, 6.07) is 5.27. The maximum absolute atomic E-state index is 4.24. The zero-order valence-electron chi connectivity index (χ0n) is 11.8. The van der Waals surface area contributed by atoms with Crippen molar-refractivity contribution in [3.8, 4) is 0 Å². The van der Waals surface area contributed by atoms with Crippen LogP contribution in [-0.4, -0.2) is 35.6 Å². The molecule has 3 nitrogen and oxygen atoms in total. The van der Waals surface area contributed by atoms with Crippen LogP contribution in [0.1, 0.15) is 38.8 Å². The third-order valence-electron chi connectivity index (χ3n) is 3.98. The first-order valence-corrected chi connectivity index (χ1v) is 7.06. The molecule has 18 heavy (non-hydrogen) atoms. The van der Waals surface area contributed by atoms with E-state index in [2.05, 4.69) is 42.0 Å². The Hall–Kier alpha value is -0.930. The minimum atomic E-state index is 0.458. The van der Waals surface area contributed by atoms with Crippen molar-refractivity contribution >= 4 is 0 Å². The van der Waals surface area contributed by atoms with Gasteiger partial charge in [-0.3, -0.25) is 9.88 Å². The van der Waals surface area contributed by atoms with Crippen LogP contribution in [0.3, 0.4) is 0 Å². The van der Waals surface area contributed by atoms with Crippen molar-refractivity contribution in [1.82, 2.24) is 15.2 Å². The Labute approximate surface area is 111 Å². The molecule has 3 heteroatoms. The van der Waals surface area contributed by atoms with Gasteiger partial charge in [-0.2, -0.15) is 0 Å². The smallest absolute Gasteiger partial charge is 0.0335 e. The highest BCUT2D eigenvalue weighted by atomic mass is 15.2. The molecule has 0 amide bonds. The molecule has 1 aromatic heterocycles. The van der Waals surface area contributed by atoms with E-state index in [9.17, 15) is 0 Å². The summed E-state index contributed by atoms with van der Waals surface area (Å²) >= 11 is 0. The first kappa shape index (κ1) is 13.5. The summed E-state index contributed by atoms with van der Waals surface area (Å²) < 4.78 is 0. The number of hydrogen-bond donors (Lipinski definition) is 1. The number of nitrogens with zero attached hydrogens (tertiary/aromatic N) is 2. The maximum atomic E-state index is 4.24. The molecule has 0 aromatic carbocycles. The number of hydrogen-bond acceptors (Lipinski definition) is 3. The largest absolute Gasteiger partial charge is 0.312 e. The highest BCUT2D eigenvalue weighted by Gasteiger charge is 2.24. The van der Waals surface area contributed by atoms with Crippen LogP contribution in [0, 0.1) is 5.92 Å². The third kappa shape index (κ3) is 3.30. The second-order valence-corrected chi connectivity index (χ2v) is 5.62. The van der Waals surface area contributed by atoms with E-state index < -0.39 is 0 Å². The normalized spacial score (nSPS) is 23.9. The zero-order chi connectivity index (χ0) is 13.0. The Balaban J connectivity index is 2.06. The lowest BCUT2D eigenvalue weighted by Crippen LogP contribution is -2.42. The van der Waals surface area contributed by atoms with E-state index >= 15 is 0 Å². The lowest BCUT2D eigenvalue weighted by atomic mass is 10.0. The molecular weight excluding hydrogens is 222 g/mol.